The Morgan fingerprint density at radius 1 is 1.44 bits per heavy atom. The predicted octanol–water partition coefficient (Wildman–Crippen LogP) is -0.380. The van der Waals surface area contributed by atoms with Crippen molar-refractivity contribution < 1.29 is 4.79 Å². The van der Waals surface area contributed by atoms with Crippen LogP contribution < -0.4 is 11.1 Å². The molecule has 3 N–H and O–H groups in total. The van der Waals surface area contributed by atoms with E-state index >= 15 is 0 Å². The fourth-order valence-corrected chi connectivity index (χ4v) is 3.01. The van der Waals surface area contributed by atoms with Gasteiger partial charge in [0.05, 0.1) is 5.54 Å². The summed E-state index contributed by atoms with van der Waals surface area (Å²) in [7, 11) is 1.81. The van der Waals surface area contributed by atoms with Crippen molar-refractivity contribution in [2.24, 2.45) is 5.73 Å². The van der Waals surface area contributed by atoms with E-state index in [0.29, 0.717) is 0 Å². The van der Waals surface area contributed by atoms with Crippen LogP contribution in [0.25, 0.3) is 0 Å². The van der Waals surface area contributed by atoms with Crippen LogP contribution in [0.2, 0.25) is 0 Å². The fourth-order valence-electron chi connectivity index (χ4n) is 3.01. The van der Waals surface area contributed by atoms with Gasteiger partial charge in [-0.2, -0.15) is 0 Å². The highest BCUT2D eigenvalue weighted by Crippen LogP contribution is 2.22. The van der Waals surface area contributed by atoms with Gasteiger partial charge in [-0.1, -0.05) is 0 Å². The van der Waals surface area contributed by atoms with Crippen LogP contribution in [0.5, 0.6) is 0 Å². The zero-order chi connectivity index (χ0) is 13.2. The van der Waals surface area contributed by atoms with Crippen molar-refractivity contribution in [2.45, 2.75) is 37.8 Å². The summed E-state index contributed by atoms with van der Waals surface area (Å²) in [6.07, 6.45) is 3.45. The number of carbonyl (C=O) groups is 1. The van der Waals surface area contributed by atoms with Crippen LogP contribution in [-0.2, 0) is 4.79 Å². The molecule has 104 valence electrons. The zero-order valence-electron chi connectivity index (χ0n) is 11.6. The summed E-state index contributed by atoms with van der Waals surface area (Å²) < 4.78 is 0. The molecule has 1 amide bonds. The molecule has 5 nitrogen and oxygen atoms in total. The second-order valence-electron chi connectivity index (χ2n) is 5.83. The molecule has 0 spiro atoms. The van der Waals surface area contributed by atoms with Crippen LogP contribution in [-0.4, -0.2) is 67.1 Å². The number of rotatable bonds is 5. The van der Waals surface area contributed by atoms with E-state index in [1.807, 2.05) is 6.92 Å². The van der Waals surface area contributed by atoms with Crippen LogP contribution in [0.4, 0.5) is 0 Å². The predicted molar refractivity (Wildman–Crippen MR) is 72.3 cm³/mol. The van der Waals surface area contributed by atoms with Crippen molar-refractivity contribution in [2.75, 3.05) is 39.8 Å². The second-order valence-corrected chi connectivity index (χ2v) is 5.83. The normalized spacial score (nSPS) is 28.9. The lowest BCUT2D eigenvalue weighted by Crippen LogP contribution is -2.55. The molecular formula is C13H26N4O. The first-order valence-electron chi connectivity index (χ1n) is 7.00. The average Bonchev–Trinajstić information content (AvgIpc) is 2.82. The molecule has 0 saturated carbocycles. The third-order valence-electron chi connectivity index (χ3n) is 4.70. The molecule has 2 rings (SSSR count). The summed E-state index contributed by atoms with van der Waals surface area (Å²) in [5, 5.41) is 3.05. The first-order valence-corrected chi connectivity index (χ1v) is 7.00. The Morgan fingerprint density at radius 2 is 2.22 bits per heavy atom. The number of fused-ring (bicyclic) bond motifs is 1. The maximum absolute atomic E-state index is 11.4. The van der Waals surface area contributed by atoms with Crippen LogP contribution in [0.3, 0.4) is 0 Å². The van der Waals surface area contributed by atoms with Crippen molar-refractivity contribution in [1.29, 1.82) is 0 Å². The van der Waals surface area contributed by atoms with Gasteiger partial charge >= 0.3 is 0 Å². The monoisotopic (exact) mass is 254 g/mol. The van der Waals surface area contributed by atoms with E-state index in [-0.39, 0.29) is 5.91 Å². The van der Waals surface area contributed by atoms with E-state index in [4.69, 9.17) is 5.73 Å². The Balaban J connectivity index is 1.82. The van der Waals surface area contributed by atoms with Crippen LogP contribution in [0.1, 0.15) is 26.2 Å². The number of likely N-dealkylation sites (N-methyl/N-ethyl adjacent to an activating group) is 1. The molecule has 0 aromatic rings. The minimum Gasteiger partial charge on any atom is -0.368 e. The summed E-state index contributed by atoms with van der Waals surface area (Å²) >= 11 is 0. The van der Waals surface area contributed by atoms with Gasteiger partial charge in [-0.05, 0) is 39.8 Å². The molecule has 2 unspecified atom stereocenters. The SMILES string of the molecule is CNC(C)(CCN1CCN2CCCC2C1)C(N)=O. The molecule has 0 aromatic carbocycles. The summed E-state index contributed by atoms with van der Waals surface area (Å²) in [5.74, 6) is -0.260. The quantitative estimate of drug-likeness (QED) is 0.702. The minimum absolute atomic E-state index is 0.260. The Kier molecular flexibility index (Phi) is 4.25. The Hall–Kier alpha value is -0.650. The Morgan fingerprint density at radius 3 is 2.89 bits per heavy atom. The van der Waals surface area contributed by atoms with Gasteiger partial charge in [0.2, 0.25) is 5.91 Å². The third-order valence-corrected chi connectivity index (χ3v) is 4.70. The second kappa shape index (κ2) is 5.55. The summed E-state index contributed by atoms with van der Waals surface area (Å²) in [6, 6.07) is 0.744. The van der Waals surface area contributed by atoms with E-state index in [0.717, 1.165) is 32.1 Å². The van der Waals surface area contributed by atoms with Crippen molar-refractivity contribution in [3.63, 3.8) is 0 Å². The lowest BCUT2D eigenvalue weighted by atomic mass is 9.96. The number of nitrogens with zero attached hydrogens (tertiary/aromatic N) is 2. The van der Waals surface area contributed by atoms with E-state index in [9.17, 15) is 4.79 Å². The van der Waals surface area contributed by atoms with E-state index in [2.05, 4.69) is 15.1 Å². The molecule has 2 saturated heterocycles. The van der Waals surface area contributed by atoms with Gasteiger partial charge in [0, 0.05) is 32.2 Å². The topological polar surface area (TPSA) is 61.6 Å². The van der Waals surface area contributed by atoms with Crippen molar-refractivity contribution >= 4 is 5.91 Å². The molecule has 2 aliphatic heterocycles. The molecule has 2 heterocycles. The number of nitrogens with two attached hydrogens (primary N) is 1. The van der Waals surface area contributed by atoms with Gasteiger partial charge < -0.3 is 16.0 Å². The van der Waals surface area contributed by atoms with Gasteiger partial charge in [-0.3, -0.25) is 9.69 Å². The number of hydrogen-bond donors (Lipinski definition) is 2. The Labute approximate surface area is 110 Å². The third kappa shape index (κ3) is 2.84. The number of hydrogen-bond acceptors (Lipinski definition) is 4. The first kappa shape index (κ1) is 13.8. The molecule has 5 heteroatoms. The van der Waals surface area contributed by atoms with Crippen LogP contribution >= 0.6 is 0 Å². The summed E-state index contributed by atoms with van der Waals surface area (Å²) in [4.78, 5) is 16.5. The number of carbonyl (C=O) groups excluding carboxylic acids is 1. The average molecular weight is 254 g/mol. The van der Waals surface area contributed by atoms with E-state index in [1.165, 1.54) is 25.9 Å². The molecule has 18 heavy (non-hydrogen) atoms. The largest absolute Gasteiger partial charge is 0.368 e. The lowest BCUT2D eigenvalue weighted by molar-refractivity contribution is -0.124. The van der Waals surface area contributed by atoms with E-state index < -0.39 is 5.54 Å². The molecular weight excluding hydrogens is 228 g/mol. The highest BCUT2D eigenvalue weighted by Gasteiger charge is 2.33. The summed E-state index contributed by atoms with van der Waals surface area (Å²) in [6.45, 7) is 7.56. The minimum atomic E-state index is -0.577. The van der Waals surface area contributed by atoms with Gasteiger partial charge in [-0.15, -0.1) is 0 Å². The maximum Gasteiger partial charge on any atom is 0.237 e. The van der Waals surface area contributed by atoms with Crippen LogP contribution in [0.15, 0.2) is 0 Å². The molecule has 0 aromatic heterocycles. The van der Waals surface area contributed by atoms with Crippen molar-refractivity contribution in [1.82, 2.24) is 15.1 Å². The van der Waals surface area contributed by atoms with Gasteiger partial charge in [0.15, 0.2) is 0 Å². The van der Waals surface area contributed by atoms with E-state index in [1.54, 1.807) is 7.05 Å². The fraction of sp³-hybridized carbons (Fsp3) is 0.923. The number of primary amides is 1. The molecule has 0 radical (unpaired) electrons. The Bertz CT molecular complexity index is 309. The number of amides is 1. The van der Waals surface area contributed by atoms with Gasteiger partial charge in [0.1, 0.15) is 0 Å². The summed E-state index contributed by atoms with van der Waals surface area (Å²) in [5.41, 5.74) is 4.88. The van der Waals surface area contributed by atoms with Gasteiger partial charge in [0.25, 0.3) is 0 Å². The molecule has 0 bridgehead atoms. The molecule has 2 atom stereocenters. The zero-order valence-corrected chi connectivity index (χ0v) is 11.6. The van der Waals surface area contributed by atoms with Crippen LogP contribution in [0, 0.1) is 0 Å². The number of nitrogens with one attached hydrogen (secondary N) is 1. The standard InChI is InChI=1S/C13H26N4O/c1-13(15-2,12(14)18)5-7-16-8-9-17-6-3-4-11(17)10-16/h11,15H,3-10H2,1-2H3,(H2,14,18). The maximum atomic E-state index is 11.4. The molecule has 2 fully saturated rings. The first-order chi connectivity index (χ1) is 8.55. The highest BCUT2D eigenvalue weighted by molar-refractivity contribution is 5.84. The number of piperazine rings is 1. The highest BCUT2D eigenvalue weighted by atomic mass is 16.1. The van der Waals surface area contributed by atoms with Crippen molar-refractivity contribution in [3.05, 3.63) is 0 Å². The van der Waals surface area contributed by atoms with Gasteiger partial charge in [-0.25, -0.2) is 0 Å². The van der Waals surface area contributed by atoms with Crippen molar-refractivity contribution in [3.8, 4) is 0 Å². The lowest BCUT2D eigenvalue weighted by Gasteiger charge is -2.38. The molecule has 0 aliphatic carbocycles. The molecule has 2 aliphatic rings. The smallest absolute Gasteiger partial charge is 0.237 e.